The largest absolute Gasteiger partial charge is 0.320 e. The monoisotopic (exact) mass is 287 g/mol. The van der Waals surface area contributed by atoms with Crippen LogP contribution in [-0.2, 0) is 6.42 Å². The van der Waals surface area contributed by atoms with Crippen molar-refractivity contribution in [2.75, 3.05) is 5.32 Å². The van der Waals surface area contributed by atoms with Crippen molar-refractivity contribution in [3.63, 3.8) is 0 Å². The maximum atomic E-state index is 12.4. The van der Waals surface area contributed by atoms with Crippen LogP contribution < -0.4 is 5.32 Å². The van der Waals surface area contributed by atoms with Gasteiger partial charge in [-0.3, -0.25) is 9.78 Å². The lowest BCUT2D eigenvalue weighted by atomic mass is 10.2. The fourth-order valence-corrected chi connectivity index (χ4v) is 3.10. The van der Waals surface area contributed by atoms with Crippen molar-refractivity contribution in [1.29, 1.82) is 0 Å². The van der Waals surface area contributed by atoms with Crippen LogP contribution in [0.15, 0.2) is 18.3 Å². The number of rotatable bonds is 4. The maximum absolute atomic E-state index is 12.4. The standard InChI is InChI=1S/C15H17N3OS/c1-3-12-17-9(2)14(20-12)15(19)18-11-5-4-8-16-13(11)10-6-7-10/h4-5,8,10H,3,6-7H2,1-2H3,(H,18,19). The highest BCUT2D eigenvalue weighted by Crippen LogP contribution is 2.42. The van der Waals surface area contributed by atoms with Gasteiger partial charge < -0.3 is 5.32 Å². The molecule has 1 fully saturated rings. The molecule has 0 spiro atoms. The summed E-state index contributed by atoms with van der Waals surface area (Å²) in [5.41, 5.74) is 2.66. The molecule has 1 amide bonds. The number of hydrogen-bond acceptors (Lipinski definition) is 4. The zero-order valence-corrected chi connectivity index (χ0v) is 12.5. The zero-order valence-electron chi connectivity index (χ0n) is 11.6. The highest BCUT2D eigenvalue weighted by molar-refractivity contribution is 7.13. The zero-order chi connectivity index (χ0) is 14.1. The van der Waals surface area contributed by atoms with Crippen LogP contribution in [-0.4, -0.2) is 15.9 Å². The van der Waals surface area contributed by atoms with Crippen molar-refractivity contribution < 1.29 is 4.79 Å². The van der Waals surface area contributed by atoms with Gasteiger partial charge in [-0.15, -0.1) is 11.3 Å². The Labute approximate surface area is 122 Å². The van der Waals surface area contributed by atoms with Crippen LogP contribution in [0, 0.1) is 6.92 Å². The molecule has 1 N–H and O–H groups in total. The number of anilines is 1. The van der Waals surface area contributed by atoms with Gasteiger partial charge >= 0.3 is 0 Å². The third kappa shape index (κ3) is 2.58. The molecule has 0 aromatic carbocycles. The normalized spacial score (nSPS) is 14.3. The van der Waals surface area contributed by atoms with E-state index < -0.39 is 0 Å². The van der Waals surface area contributed by atoms with Gasteiger partial charge in [-0.2, -0.15) is 0 Å². The summed E-state index contributed by atoms with van der Waals surface area (Å²) < 4.78 is 0. The van der Waals surface area contributed by atoms with E-state index in [2.05, 4.69) is 15.3 Å². The van der Waals surface area contributed by atoms with E-state index >= 15 is 0 Å². The summed E-state index contributed by atoms with van der Waals surface area (Å²) in [7, 11) is 0. The van der Waals surface area contributed by atoms with Crippen LogP contribution in [0.1, 0.15) is 51.8 Å². The summed E-state index contributed by atoms with van der Waals surface area (Å²) in [5, 5.41) is 4.00. The Hall–Kier alpha value is -1.75. The number of thiazole rings is 1. The fourth-order valence-electron chi connectivity index (χ4n) is 2.20. The second kappa shape index (κ2) is 5.32. The molecule has 0 bridgehead atoms. The van der Waals surface area contributed by atoms with Crippen molar-refractivity contribution >= 4 is 22.9 Å². The quantitative estimate of drug-likeness (QED) is 0.935. The summed E-state index contributed by atoms with van der Waals surface area (Å²) >= 11 is 1.47. The number of pyridine rings is 1. The first-order valence-corrected chi connectivity index (χ1v) is 7.73. The third-order valence-electron chi connectivity index (χ3n) is 3.40. The van der Waals surface area contributed by atoms with E-state index in [1.54, 1.807) is 6.20 Å². The Morgan fingerprint density at radius 3 is 2.95 bits per heavy atom. The Morgan fingerprint density at radius 1 is 1.50 bits per heavy atom. The van der Waals surface area contributed by atoms with Crippen LogP contribution in [0.2, 0.25) is 0 Å². The van der Waals surface area contributed by atoms with Gasteiger partial charge in [0.2, 0.25) is 0 Å². The molecular formula is C15H17N3OS. The maximum Gasteiger partial charge on any atom is 0.267 e. The van der Waals surface area contributed by atoms with Crippen LogP contribution in [0.5, 0.6) is 0 Å². The Kier molecular flexibility index (Phi) is 3.53. The number of carbonyl (C=O) groups is 1. The minimum Gasteiger partial charge on any atom is -0.320 e. The van der Waals surface area contributed by atoms with Crippen molar-refractivity contribution in [1.82, 2.24) is 9.97 Å². The first kappa shape index (κ1) is 13.2. The SMILES string of the molecule is CCc1nc(C)c(C(=O)Nc2cccnc2C2CC2)s1. The number of aromatic nitrogens is 2. The van der Waals surface area contributed by atoms with Crippen molar-refractivity contribution in [2.24, 2.45) is 0 Å². The molecule has 2 aromatic heterocycles. The first-order valence-electron chi connectivity index (χ1n) is 6.91. The molecular weight excluding hydrogens is 270 g/mol. The molecule has 0 aliphatic heterocycles. The average molecular weight is 287 g/mol. The molecule has 0 atom stereocenters. The van der Waals surface area contributed by atoms with E-state index in [0.29, 0.717) is 10.8 Å². The molecule has 20 heavy (non-hydrogen) atoms. The van der Waals surface area contributed by atoms with Gasteiger partial charge in [-0.25, -0.2) is 4.98 Å². The van der Waals surface area contributed by atoms with Gasteiger partial charge in [0.15, 0.2) is 0 Å². The number of nitrogens with zero attached hydrogens (tertiary/aromatic N) is 2. The Balaban J connectivity index is 1.83. The smallest absolute Gasteiger partial charge is 0.267 e. The van der Waals surface area contributed by atoms with Gasteiger partial charge in [0, 0.05) is 12.1 Å². The molecule has 3 rings (SSSR count). The van der Waals surface area contributed by atoms with Gasteiger partial charge in [0.05, 0.1) is 22.1 Å². The first-order chi connectivity index (χ1) is 9.69. The lowest BCUT2D eigenvalue weighted by Crippen LogP contribution is -2.13. The van der Waals surface area contributed by atoms with Gasteiger partial charge in [-0.05, 0) is 38.3 Å². The van der Waals surface area contributed by atoms with E-state index in [1.165, 1.54) is 24.2 Å². The van der Waals surface area contributed by atoms with Crippen molar-refractivity contribution in [2.45, 2.75) is 39.0 Å². The topological polar surface area (TPSA) is 54.9 Å². The number of hydrogen-bond donors (Lipinski definition) is 1. The minimum atomic E-state index is -0.0744. The molecule has 1 saturated carbocycles. The molecule has 5 heteroatoms. The highest BCUT2D eigenvalue weighted by atomic mass is 32.1. The molecule has 1 aliphatic rings. The van der Waals surface area contributed by atoms with E-state index in [0.717, 1.165) is 28.5 Å². The van der Waals surface area contributed by atoms with Gasteiger partial charge in [-0.1, -0.05) is 6.92 Å². The lowest BCUT2D eigenvalue weighted by molar-refractivity contribution is 0.102. The molecule has 2 aromatic rings. The van der Waals surface area contributed by atoms with Crippen LogP contribution in [0.4, 0.5) is 5.69 Å². The second-order valence-electron chi connectivity index (χ2n) is 5.04. The summed E-state index contributed by atoms with van der Waals surface area (Å²) in [6, 6.07) is 3.79. The van der Waals surface area contributed by atoms with Gasteiger partial charge in [0.1, 0.15) is 4.88 Å². The lowest BCUT2D eigenvalue weighted by Gasteiger charge is -2.08. The Morgan fingerprint density at radius 2 is 2.30 bits per heavy atom. The number of aryl methyl sites for hydroxylation is 2. The van der Waals surface area contributed by atoms with E-state index in [-0.39, 0.29) is 5.91 Å². The molecule has 0 saturated heterocycles. The van der Waals surface area contributed by atoms with Crippen molar-refractivity contribution in [3.05, 3.63) is 39.6 Å². The van der Waals surface area contributed by atoms with Gasteiger partial charge in [0.25, 0.3) is 5.91 Å². The summed E-state index contributed by atoms with van der Waals surface area (Å²) in [5.74, 6) is 0.440. The van der Waals surface area contributed by atoms with E-state index in [1.807, 2.05) is 26.0 Å². The number of amides is 1. The summed E-state index contributed by atoms with van der Waals surface area (Å²) in [6.07, 6.45) is 4.98. The van der Waals surface area contributed by atoms with E-state index in [4.69, 9.17) is 0 Å². The molecule has 0 radical (unpaired) electrons. The predicted octanol–water partition coefficient (Wildman–Crippen LogP) is 3.54. The molecule has 0 unspecified atom stereocenters. The minimum absolute atomic E-state index is 0.0744. The Bertz CT molecular complexity index is 646. The number of nitrogens with one attached hydrogen (secondary N) is 1. The van der Waals surface area contributed by atoms with Crippen molar-refractivity contribution in [3.8, 4) is 0 Å². The molecule has 104 valence electrons. The molecule has 1 aliphatic carbocycles. The van der Waals surface area contributed by atoms with Crippen LogP contribution in [0.3, 0.4) is 0 Å². The molecule has 4 nitrogen and oxygen atoms in total. The predicted molar refractivity (Wildman–Crippen MR) is 80.4 cm³/mol. The third-order valence-corrected chi connectivity index (χ3v) is 4.70. The van der Waals surface area contributed by atoms with Crippen LogP contribution in [0.25, 0.3) is 0 Å². The fraction of sp³-hybridized carbons (Fsp3) is 0.400. The average Bonchev–Trinajstić information content (AvgIpc) is 3.22. The van der Waals surface area contributed by atoms with Crippen LogP contribution >= 0.6 is 11.3 Å². The summed E-state index contributed by atoms with van der Waals surface area (Å²) in [6.45, 7) is 3.93. The summed E-state index contributed by atoms with van der Waals surface area (Å²) in [4.78, 5) is 21.9. The number of carbonyl (C=O) groups excluding carboxylic acids is 1. The molecule has 2 heterocycles. The second-order valence-corrected chi connectivity index (χ2v) is 6.12. The van der Waals surface area contributed by atoms with E-state index in [9.17, 15) is 4.79 Å². The highest BCUT2D eigenvalue weighted by Gasteiger charge is 2.28.